The van der Waals surface area contributed by atoms with Crippen LogP contribution in [0.5, 0.6) is 0 Å². The van der Waals surface area contributed by atoms with E-state index in [2.05, 4.69) is 54.7 Å². The molecule has 0 saturated carbocycles. The van der Waals surface area contributed by atoms with Crippen LogP contribution in [0.1, 0.15) is 36.6 Å². The summed E-state index contributed by atoms with van der Waals surface area (Å²) in [6.45, 7) is 13.9. The van der Waals surface area contributed by atoms with E-state index in [1.54, 1.807) is 0 Å². The molecule has 0 amide bonds. The molecule has 0 radical (unpaired) electrons. The van der Waals surface area contributed by atoms with Crippen molar-refractivity contribution in [1.82, 2.24) is 24.6 Å². The van der Waals surface area contributed by atoms with E-state index < -0.39 is 0 Å². The molecule has 0 N–H and O–H groups in total. The highest BCUT2D eigenvalue weighted by Gasteiger charge is 2.21. The number of aromatic nitrogens is 4. The Bertz CT molecular complexity index is 965. The molecular weight excluding hydrogens is 360 g/mol. The van der Waals surface area contributed by atoms with Gasteiger partial charge in [0.1, 0.15) is 0 Å². The SMILES string of the molecule is Cc1cc2nc(N3CCCN([C@H](C)CCn4cccn4)CC3)nc(C)c2cc1C. The third kappa shape index (κ3) is 4.42. The van der Waals surface area contributed by atoms with Crippen LogP contribution in [0.25, 0.3) is 10.9 Å². The van der Waals surface area contributed by atoms with Crippen molar-refractivity contribution in [3.8, 4) is 0 Å². The number of aryl methyl sites for hydroxylation is 4. The van der Waals surface area contributed by atoms with E-state index in [1.165, 1.54) is 16.5 Å². The number of benzene rings is 1. The fraction of sp³-hybridized carbons (Fsp3) is 0.522. The molecule has 0 bridgehead atoms. The van der Waals surface area contributed by atoms with Crippen molar-refractivity contribution >= 4 is 16.9 Å². The number of hydrogen-bond donors (Lipinski definition) is 0. The van der Waals surface area contributed by atoms with Gasteiger partial charge in [-0.2, -0.15) is 5.10 Å². The van der Waals surface area contributed by atoms with Crippen LogP contribution >= 0.6 is 0 Å². The molecule has 6 heteroatoms. The number of hydrogen-bond acceptors (Lipinski definition) is 5. The van der Waals surface area contributed by atoms with Gasteiger partial charge in [0, 0.05) is 56.5 Å². The molecule has 154 valence electrons. The molecule has 1 aliphatic rings. The molecule has 0 unspecified atom stereocenters. The Balaban J connectivity index is 1.44. The standard InChI is InChI=1S/C23H32N6/c1-17-15-21-20(4)25-23(26-22(21)16-18(17)2)28-10-6-9-27(13-14-28)19(3)7-12-29-11-5-8-24-29/h5,8,11,15-16,19H,6-7,9-10,12-14H2,1-4H3/t19-/m1/s1. The average Bonchev–Trinajstić information content (AvgIpc) is 3.10. The van der Waals surface area contributed by atoms with Crippen molar-refractivity contribution < 1.29 is 0 Å². The second-order valence-electron chi connectivity index (χ2n) is 8.35. The Morgan fingerprint density at radius 2 is 1.83 bits per heavy atom. The molecule has 1 aliphatic heterocycles. The summed E-state index contributed by atoms with van der Waals surface area (Å²) in [4.78, 5) is 14.8. The van der Waals surface area contributed by atoms with Crippen LogP contribution in [0.15, 0.2) is 30.6 Å². The Morgan fingerprint density at radius 3 is 2.62 bits per heavy atom. The highest BCUT2D eigenvalue weighted by atomic mass is 15.3. The van der Waals surface area contributed by atoms with Crippen LogP contribution in [0.4, 0.5) is 5.95 Å². The molecule has 4 rings (SSSR count). The van der Waals surface area contributed by atoms with Crippen molar-refractivity contribution in [2.24, 2.45) is 0 Å². The van der Waals surface area contributed by atoms with E-state index >= 15 is 0 Å². The highest BCUT2D eigenvalue weighted by Crippen LogP contribution is 2.23. The van der Waals surface area contributed by atoms with E-state index in [1.807, 2.05) is 23.1 Å². The summed E-state index contributed by atoms with van der Waals surface area (Å²) < 4.78 is 2.02. The largest absolute Gasteiger partial charge is 0.339 e. The van der Waals surface area contributed by atoms with E-state index in [9.17, 15) is 0 Å². The molecule has 29 heavy (non-hydrogen) atoms. The van der Waals surface area contributed by atoms with Gasteiger partial charge in [0.15, 0.2) is 0 Å². The first kappa shape index (κ1) is 19.8. The summed E-state index contributed by atoms with van der Waals surface area (Å²) in [5.41, 5.74) is 4.71. The predicted octanol–water partition coefficient (Wildman–Crippen LogP) is 3.74. The minimum atomic E-state index is 0.545. The first-order valence-electron chi connectivity index (χ1n) is 10.7. The van der Waals surface area contributed by atoms with Gasteiger partial charge >= 0.3 is 0 Å². The Hall–Kier alpha value is -2.47. The van der Waals surface area contributed by atoms with Crippen LogP contribution in [0, 0.1) is 20.8 Å². The van der Waals surface area contributed by atoms with Crippen molar-refractivity contribution in [3.05, 3.63) is 47.4 Å². The second kappa shape index (κ2) is 8.49. The van der Waals surface area contributed by atoms with Gasteiger partial charge in [-0.3, -0.25) is 9.58 Å². The summed E-state index contributed by atoms with van der Waals surface area (Å²) in [7, 11) is 0. The second-order valence-corrected chi connectivity index (χ2v) is 8.35. The van der Waals surface area contributed by atoms with Gasteiger partial charge in [0.2, 0.25) is 5.95 Å². The molecule has 0 spiro atoms. The molecule has 2 aromatic heterocycles. The molecular formula is C23H32N6. The van der Waals surface area contributed by atoms with Gasteiger partial charge in [0.05, 0.1) is 11.2 Å². The zero-order valence-corrected chi connectivity index (χ0v) is 18.1. The summed E-state index contributed by atoms with van der Waals surface area (Å²) in [6, 6.07) is 6.95. The quantitative estimate of drug-likeness (QED) is 0.662. The summed E-state index contributed by atoms with van der Waals surface area (Å²) in [6.07, 6.45) is 6.15. The molecule has 6 nitrogen and oxygen atoms in total. The zero-order valence-electron chi connectivity index (χ0n) is 18.1. The van der Waals surface area contributed by atoms with Crippen molar-refractivity contribution in [3.63, 3.8) is 0 Å². The van der Waals surface area contributed by atoms with Crippen molar-refractivity contribution in [1.29, 1.82) is 0 Å². The molecule has 0 aliphatic carbocycles. The fourth-order valence-corrected chi connectivity index (χ4v) is 4.18. The molecule has 3 heterocycles. The number of fused-ring (bicyclic) bond motifs is 1. The molecule has 1 saturated heterocycles. The topological polar surface area (TPSA) is 50.1 Å². The monoisotopic (exact) mass is 392 g/mol. The molecule has 1 atom stereocenters. The number of rotatable bonds is 5. The van der Waals surface area contributed by atoms with E-state index in [4.69, 9.17) is 9.97 Å². The van der Waals surface area contributed by atoms with Gasteiger partial charge in [0.25, 0.3) is 0 Å². The summed E-state index contributed by atoms with van der Waals surface area (Å²) in [5.74, 6) is 0.879. The maximum Gasteiger partial charge on any atom is 0.226 e. The molecule has 3 aromatic rings. The summed E-state index contributed by atoms with van der Waals surface area (Å²) >= 11 is 0. The van der Waals surface area contributed by atoms with Gasteiger partial charge in [-0.25, -0.2) is 9.97 Å². The first-order valence-corrected chi connectivity index (χ1v) is 10.7. The number of anilines is 1. The normalized spacial score (nSPS) is 16.9. The third-order valence-electron chi connectivity index (χ3n) is 6.26. The minimum absolute atomic E-state index is 0.545. The van der Waals surface area contributed by atoms with E-state index in [-0.39, 0.29) is 0 Å². The van der Waals surface area contributed by atoms with Crippen LogP contribution in [-0.2, 0) is 6.54 Å². The Morgan fingerprint density at radius 1 is 1.00 bits per heavy atom. The Kier molecular flexibility index (Phi) is 5.81. The fourth-order valence-electron chi connectivity index (χ4n) is 4.18. The average molecular weight is 393 g/mol. The smallest absolute Gasteiger partial charge is 0.226 e. The van der Waals surface area contributed by atoms with Crippen LogP contribution in [0.2, 0.25) is 0 Å². The van der Waals surface area contributed by atoms with E-state index in [0.717, 1.165) is 62.7 Å². The number of nitrogens with zero attached hydrogens (tertiary/aromatic N) is 6. The molecule has 1 aromatic carbocycles. The maximum atomic E-state index is 4.93. The minimum Gasteiger partial charge on any atom is -0.339 e. The van der Waals surface area contributed by atoms with Crippen molar-refractivity contribution in [2.75, 3.05) is 31.1 Å². The van der Waals surface area contributed by atoms with Gasteiger partial charge < -0.3 is 4.90 Å². The molecule has 1 fully saturated rings. The first-order chi connectivity index (χ1) is 14.0. The van der Waals surface area contributed by atoms with Crippen LogP contribution in [0.3, 0.4) is 0 Å². The lowest BCUT2D eigenvalue weighted by Gasteiger charge is -2.28. The summed E-state index contributed by atoms with van der Waals surface area (Å²) in [5, 5.41) is 5.49. The lowest BCUT2D eigenvalue weighted by Crippen LogP contribution is -2.37. The maximum absolute atomic E-state index is 4.93. The zero-order chi connectivity index (χ0) is 20.4. The van der Waals surface area contributed by atoms with Crippen LogP contribution in [-0.4, -0.2) is 56.9 Å². The van der Waals surface area contributed by atoms with Gasteiger partial charge in [-0.1, -0.05) is 0 Å². The third-order valence-corrected chi connectivity index (χ3v) is 6.26. The lowest BCUT2D eigenvalue weighted by atomic mass is 10.1. The van der Waals surface area contributed by atoms with Gasteiger partial charge in [-0.05, 0) is 69.9 Å². The lowest BCUT2D eigenvalue weighted by molar-refractivity contribution is 0.206. The van der Waals surface area contributed by atoms with E-state index in [0.29, 0.717) is 6.04 Å². The predicted molar refractivity (Wildman–Crippen MR) is 118 cm³/mol. The van der Waals surface area contributed by atoms with Crippen LogP contribution < -0.4 is 4.90 Å². The highest BCUT2D eigenvalue weighted by molar-refractivity contribution is 5.83. The van der Waals surface area contributed by atoms with Gasteiger partial charge in [-0.15, -0.1) is 0 Å². The Labute approximate surface area is 173 Å². The van der Waals surface area contributed by atoms with Crippen molar-refractivity contribution in [2.45, 2.75) is 53.1 Å².